The summed E-state index contributed by atoms with van der Waals surface area (Å²) in [6, 6.07) is 11.4. The molecule has 2 heterocycles. The molecule has 0 saturated carbocycles. The lowest BCUT2D eigenvalue weighted by atomic mass is 9.82. The number of carbonyl (C=O) groups excluding carboxylic acids is 1. The minimum Gasteiger partial charge on any atom is -0.494 e. The average Bonchev–Trinajstić information content (AvgIpc) is 3.23. The van der Waals surface area contributed by atoms with Gasteiger partial charge in [0.25, 0.3) is 0 Å². The van der Waals surface area contributed by atoms with Gasteiger partial charge in [0.2, 0.25) is 0 Å². The van der Waals surface area contributed by atoms with E-state index >= 15 is 0 Å². The van der Waals surface area contributed by atoms with Crippen LogP contribution in [0.15, 0.2) is 47.6 Å². The van der Waals surface area contributed by atoms with Crippen molar-refractivity contribution in [1.82, 2.24) is 0 Å². The Bertz CT molecular complexity index is 1190. The van der Waals surface area contributed by atoms with Gasteiger partial charge >= 0.3 is 12.1 Å². The predicted molar refractivity (Wildman–Crippen MR) is 143 cm³/mol. The zero-order chi connectivity index (χ0) is 28.3. The van der Waals surface area contributed by atoms with E-state index in [2.05, 4.69) is 16.9 Å². The standard InChI is InChI=1S/C29H35F4N3O3/c1-5-39-23-10-11-24(30)26(15-23)35-13-12-21(18(2)17-35)14-20-6-8-22(9-7-20)36-25(16-27(37)38-4)19(3)28(34-36)29(31,32)33/h6-11,15,18-19,21,25H,5,12-14,16-17H2,1-4H3/t18?,19-,21?,25-/m0/s1. The zero-order valence-corrected chi connectivity index (χ0v) is 22.7. The van der Waals surface area contributed by atoms with Crippen LogP contribution in [-0.4, -0.2) is 50.7 Å². The molecule has 1 saturated heterocycles. The molecule has 1 fully saturated rings. The first-order valence-electron chi connectivity index (χ1n) is 13.3. The molecule has 2 unspecified atom stereocenters. The molecule has 0 amide bonds. The van der Waals surface area contributed by atoms with Gasteiger partial charge in [-0.2, -0.15) is 18.3 Å². The summed E-state index contributed by atoms with van der Waals surface area (Å²) in [4.78, 5) is 14.0. The van der Waals surface area contributed by atoms with Crippen molar-refractivity contribution in [1.29, 1.82) is 0 Å². The monoisotopic (exact) mass is 549 g/mol. The number of piperidine rings is 1. The van der Waals surface area contributed by atoms with Crippen LogP contribution in [0.5, 0.6) is 5.75 Å². The summed E-state index contributed by atoms with van der Waals surface area (Å²) in [7, 11) is 1.21. The highest BCUT2D eigenvalue weighted by Crippen LogP contribution is 2.37. The van der Waals surface area contributed by atoms with Gasteiger partial charge in [-0.3, -0.25) is 9.80 Å². The second-order valence-electron chi connectivity index (χ2n) is 10.4. The van der Waals surface area contributed by atoms with Crippen molar-refractivity contribution in [3.05, 3.63) is 53.8 Å². The van der Waals surface area contributed by atoms with Crippen molar-refractivity contribution in [2.45, 2.75) is 52.3 Å². The van der Waals surface area contributed by atoms with Crippen molar-refractivity contribution < 1.29 is 31.8 Å². The number of rotatable bonds is 8. The maximum Gasteiger partial charge on any atom is 0.431 e. The molecular weight excluding hydrogens is 514 g/mol. The molecule has 2 aromatic carbocycles. The molecule has 0 radical (unpaired) electrons. The summed E-state index contributed by atoms with van der Waals surface area (Å²) >= 11 is 0. The number of benzene rings is 2. The van der Waals surface area contributed by atoms with Crippen molar-refractivity contribution in [2.24, 2.45) is 22.9 Å². The number of esters is 1. The molecule has 0 N–H and O–H groups in total. The van der Waals surface area contributed by atoms with Crippen LogP contribution in [-0.2, 0) is 16.0 Å². The fourth-order valence-corrected chi connectivity index (χ4v) is 5.55. The summed E-state index contributed by atoms with van der Waals surface area (Å²) in [6.07, 6.45) is -3.10. The smallest absolute Gasteiger partial charge is 0.431 e. The van der Waals surface area contributed by atoms with E-state index in [0.717, 1.165) is 24.9 Å². The van der Waals surface area contributed by atoms with E-state index in [9.17, 15) is 22.4 Å². The molecule has 39 heavy (non-hydrogen) atoms. The van der Waals surface area contributed by atoms with Gasteiger partial charge in [-0.25, -0.2) is 4.39 Å². The molecule has 4 rings (SSSR count). The molecule has 0 aromatic heterocycles. The number of hydrazone groups is 1. The fourth-order valence-electron chi connectivity index (χ4n) is 5.55. The maximum atomic E-state index is 14.6. The number of nitrogens with zero attached hydrogens (tertiary/aromatic N) is 3. The normalized spacial score (nSPS) is 23.5. The van der Waals surface area contributed by atoms with E-state index < -0.39 is 29.8 Å². The quantitative estimate of drug-likeness (QED) is 0.289. The Morgan fingerprint density at radius 3 is 2.46 bits per heavy atom. The highest BCUT2D eigenvalue weighted by Gasteiger charge is 2.48. The van der Waals surface area contributed by atoms with Crippen LogP contribution in [0.3, 0.4) is 0 Å². The summed E-state index contributed by atoms with van der Waals surface area (Å²) in [5.74, 6) is -0.504. The second kappa shape index (κ2) is 11.8. The van der Waals surface area contributed by atoms with Crippen LogP contribution in [0.2, 0.25) is 0 Å². The van der Waals surface area contributed by atoms with E-state index in [0.29, 0.717) is 42.1 Å². The Balaban J connectivity index is 1.44. The number of hydrogen-bond donors (Lipinski definition) is 0. The number of anilines is 2. The molecule has 2 aliphatic rings. The topological polar surface area (TPSA) is 54.4 Å². The lowest BCUT2D eigenvalue weighted by Gasteiger charge is -2.38. The third-order valence-electron chi connectivity index (χ3n) is 7.78. The molecule has 2 aromatic rings. The number of ether oxygens (including phenoxy) is 2. The highest BCUT2D eigenvalue weighted by atomic mass is 19.4. The summed E-state index contributed by atoms with van der Waals surface area (Å²) in [5, 5.41) is 5.16. The Hall–Kier alpha value is -3.30. The first-order chi connectivity index (χ1) is 18.5. The van der Waals surface area contributed by atoms with Crippen LogP contribution in [0, 0.1) is 23.6 Å². The first kappa shape index (κ1) is 28.7. The molecular formula is C29H35F4N3O3. The van der Waals surface area contributed by atoms with Crippen molar-refractivity contribution in [2.75, 3.05) is 36.7 Å². The van der Waals surface area contributed by atoms with Crippen molar-refractivity contribution >= 4 is 23.1 Å². The fraction of sp³-hybridized carbons (Fsp3) is 0.517. The van der Waals surface area contributed by atoms with Gasteiger partial charge in [-0.15, -0.1) is 0 Å². The van der Waals surface area contributed by atoms with Gasteiger partial charge in [0, 0.05) is 25.1 Å². The Labute approximate surface area is 226 Å². The predicted octanol–water partition coefficient (Wildman–Crippen LogP) is 6.24. The van der Waals surface area contributed by atoms with Gasteiger partial charge < -0.3 is 14.4 Å². The number of hydrogen-bond acceptors (Lipinski definition) is 6. The lowest BCUT2D eigenvalue weighted by molar-refractivity contribution is -0.141. The van der Waals surface area contributed by atoms with E-state index in [1.165, 1.54) is 25.1 Å². The second-order valence-corrected chi connectivity index (χ2v) is 10.4. The molecule has 10 heteroatoms. The van der Waals surface area contributed by atoms with Gasteiger partial charge in [-0.05, 0) is 61.4 Å². The van der Waals surface area contributed by atoms with Gasteiger partial charge in [0.15, 0.2) is 0 Å². The van der Waals surface area contributed by atoms with Gasteiger partial charge in [0.1, 0.15) is 17.3 Å². The van der Waals surface area contributed by atoms with E-state index in [-0.39, 0.29) is 12.2 Å². The van der Waals surface area contributed by atoms with Gasteiger partial charge in [0.05, 0.1) is 37.6 Å². The first-order valence-corrected chi connectivity index (χ1v) is 13.3. The third kappa shape index (κ3) is 6.47. The van der Waals surface area contributed by atoms with Crippen molar-refractivity contribution in [3.63, 3.8) is 0 Å². The van der Waals surface area contributed by atoms with Gasteiger partial charge in [-0.1, -0.05) is 26.0 Å². The molecule has 0 aliphatic carbocycles. The third-order valence-corrected chi connectivity index (χ3v) is 7.78. The number of alkyl halides is 3. The van der Waals surface area contributed by atoms with Crippen LogP contribution in [0.4, 0.5) is 28.9 Å². The molecule has 0 spiro atoms. The zero-order valence-electron chi connectivity index (χ0n) is 22.7. The number of carbonyl (C=O) groups is 1. The minimum absolute atomic E-state index is 0.202. The Kier molecular flexibility index (Phi) is 8.71. The summed E-state index contributed by atoms with van der Waals surface area (Å²) in [6.45, 7) is 7.43. The Morgan fingerprint density at radius 2 is 1.85 bits per heavy atom. The van der Waals surface area contributed by atoms with Crippen LogP contribution >= 0.6 is 0 Å². The molecule has 2 aliphatic heterocycles. The highest BCUT2D eigenvalue weighted by molar-refractivity contribution is 5.96. The average molecular weight is 550 g/mol. The minimum atomic E-state index is -4.58. The number of halogens is 4. The van der Waals surface area contributed by atoms with E-state index in [1.807, 2.05) is 19.1 Å². The van der Waals surface area contributed by atoms with E-state index in [1.54, 1.807) is 24.3 Å². The van der Waals surface area contributed by atoms with Crippen molar-refractivity contribution in [3.8, 4) is 5.75 Å². The van der Waals surface area contributed by atoms with Crippen LogP contribution < -0.4 is 14.6 Å². The molecule has 212 valence electrons. The summed E-state index contributed by atoms with van der Waals surface area (Å²) < 4.78 is 65.5. The molecule has 4 atom stereocenters. The van der Waals surface area contributed by atoms with Crippen LogP contribution in [0.1, 0.15) is 39.2 Å². The summed E-state index contributed by atoms with van der Waals surface area (Å²) in [5.41, 5.74) is 1.21. The maximum absolute atomic E-state index is 14.6. The largest absolute Gasteiger partial charge is 0.494 e. The Morgan fingerprint density at radius 1 is 1.13 bits per heavy atom. The number of methoxy groups -OCH3 is 1. The van der Waals surface area contributed by atoms with Crippen LogP contribution in [0.25, 0.3) is 0 Å². The molecule has 0 bridgehead atoms. The SMILES string of the molecule is CCOc1ccc(F)c(N2CCC(Cc3ccc(N4N=C(C(F)(F)F)[C@@H](C)[C@@H]4CC(=O)OC)cc3)C(C)C2)c1. The molecule has 6 nitrogen and oxygen atoms in total. The lowest BCUT2D eigenvalue weighted by Crippen LogP contribution is -2.40. The van der Waals surface area contributed by atoms with E-state index in [4.69, 9.17) is 9.47 Å².